The summed E-state index contributed by atoms with van der Waals surface area (Å²) in [5.41, 5.74) is 2.28. The van der Waals surface area contributed by atoms with Gasteiger partial charge in [0, 0.05) is 35.8 Å². The summed E-state index contributed by atoms with van der Waals surface area (Å²) in [6.07, 6.45) is 6.98. The van der Waals surface area contributed by atoms with Gasteiger partial charge in [-0.25, -0.2) is 4.98 Å². The highest BCUT2D eigenvalue weighted by Crippen LogP contribution is 2.36. The number of aromatic nitrogens is 2. The molecule has 0 saturated carbocycles. The van der Waals surface area contributed by atoms with Crippen molar-refractivity contribution in [3.63, 3.8) is 0 Å². The SMILES string of the molecule is O=c1[nH]cccc1CN1CCC(C(Cc2ccccc2)c2nccs2)CC1. The Morgan fingerprint density at radius 2 is 1.96 bits per heavy atom. The summed E-state index contributed by atoms with van der Waals surface area (Å²) in [4.78, 5) is 21.8. The van der Waals surface area contributed by atoms with Gasteiger partial charge in [0.1, 0.15) is 0 Å². The molecule has 0 bridgehead atoms. The lowest BCUT2D eigenvalue weighted by Gasteiger charge is -2.35. The van der Waals surface area contributed by atoms with Crippen molar-refractivity contribution in [2.45, 2.75) is 31.7 Å². The fourth-order valence-electron chi connectivity index (χ4n) is 4.08. The molecule has 3 aromatic rings. The van der Waals surface area contributed by atoms with Crippen LogP contribution in [0.1, 0.15) is 34.9 Å². The third-order valence-electron chi connectivity index (χ3n) is 5.56. The van der Waals surface area contributed by atoms with Gasteiger partial charge in [0.25, 0.3) is 5.56 Å². The van der Waals surface area contributed by atoms with Gasteiger partial charge in [0.15, 0.2) is 0 Å². The lowest BCUT2D eigenvalue weighted by molar-refractivity contribution is 0.160. The number of piperidine rings is 1. The topological polar surface area (TPSA) is 49.0 Å². The van der Waals surface area contributed by atoms with Gasteiger partial charge >= 0.3 is 0 Å². The van der Waals surface area contributed by atoms with Gasteiger partial charge in [0.05, 0.1) is 5.01 Å². The molecule has 3 heterocycles. The first-order chi connectivity index (χ1) is 13.3. The fraction of sp³-hybridized carbons (Fsp3) is 0.364. The third kappa shape index (κ3) is 4.54. The molecule has 4 nitrogen and oxygen atoms in total. The number of pyridine rings is 1. The first-order valence-corrected chi connectivity index (χ1v) is 10.5. The number of nitrogens with one attached hydrogen (secondary N) is 1. The van der Waals surface area contributed by atoms with Crippen molar-refractivity contribution in [3.05, 3.63) is 86.7 Å². The van der Waals surface area contributed by atoms with E-state index in [1.165, 1.54) is 10.6 Å². The van der Waals surface area contributed by atoms with Crippen molar-refractivity contribution < 1.29 is 0 Å². The summed E-state index contributed by atoms with van der Waals surface area (Å²) in [5, 5.41) is 3.35. The molecule has 1 aliphatic heterocycles. The van der Waals surface area contributed by atoms with E-state index < -0.39 is 0 Å². The minimum atomic E-state index is 0.0318. The van der Waals surface area contributed by atoms with Crippen LogP contribution in [0, 0.1) is 5.92 Å². The van der Waals surface area contributed by atoms with E-state index in [0.29, 0.717) is 11.8 Å². The summed E-state index contributed by atoms with van der Waals surface area (Å²) >= 11 is 1.78. The van der Waals surface area contributed by atoms with Gasteiger partial charge in [-0.1, -0.05) is 36.4 Å². The van der Waals surface area contributed by atoms with Crippen molar-refractivity contribution in [2.75, 3.05) is 13.1 Å². The minimum Gasteiger partial charge on any atom is -0.329 e. The van der Waals surface area contributed by atoms with Crippen molar-refractivity contribution in [1.29, 1.82) is 0 Å². The van der Waals surface area contributed by atoms with E-state index >= 15 is 0 Å². The number of rotatable bonds is 6. The van der Waals surface area contributed by atoms with E-state index in [0.717, 1.165) is 44.5 Å². The van der Waals surface area contributed by atoms with Crippen LogP contribution < -0.4 is 5.56 Å². The molecule has 1 saturated heterocycles. The molecule has 27 heavy (non-hydrogen) atoms. The van der Waals surface area contributed by atoms with Crippen molar-refractivity contribution in [2.24, 2.45) is 5.92 Å². The molecule has 0 radical (unpaired) electrons. The number of aromatic amines is 1. The number of nitrogens with zero attached hydrogens (tertiary/aromatic N) is 2. The molecule has 1 fully saturated rings. The van der Waals surface area contributed by atoms with E-state index in [-0.39, 0.29) is 5.56 Å². The highest BCUT2D eigenvalue weighted by molar-refractivity contribution is 7.09. The van der Waals surface area contributed by atoms with Crippen LogP contribution in [0.4, 0.5) is 0 Å². The maximum Gasteiger partial charge on any atom is 0.252 e. The second kappa shape index (κ2) is 8.63. The van der Waals surface area contributed by atoms with Crippen LogP contribution in [0.25, 0.3) is 0 Å². The average Bonchev–Trinajstić information content (AvgIpc) is 3.24. The minimum absolute atomic E-state index is 0.0318. The van der Waals surface area contributed by atoms with Gasteiger partial charge in [-0.15, -0.1) is 11.3 Å². The monoisotopic (exact) mass is 379 g/mol. The summed E-state index contributed by atoms with van der Waals surface area (Å²) in [7, 11) is 0. The maximum absolute atomic E-state index is 11.9. The van der Waals surface area contributed by atoms with Crippen LogP contribution in [-0.2, 0) is 13.0 Å². The Hall–Kier alpha value is -2.24. The Bertz CT molecular complexity index is 883. The standard InChI is InChI=1S/C22H25N3OS/c26-21-19(7-4-10-23-21)16-25-12-8-18(9-13-25)20(22-24-11-14-27-22)15-17-5-2-1-3-6-17/h1-7,10-11,14,18,20H,8-9,12-13,15-16H2,(H,23,26). The lowest BCUT2D eigenvalue weighted by Crippen LogP contribution is -2.36. The van der Waals surface area contributed by atoms with Crippen molar-refractivity contribution >= 4 is 11.3 Å². The summed E-state index contributed by atoms with van der Waals surface area (Å²) in [6, 6.07) is 14.6. The molecule has 2 aromatic heterocycles. The zero-order chi connectivity index (χ0) is 18.5. The second-order valence-electron chi connectivity index (χ2n) is 7.30. The molecule has 1 N–H and O–H groups in total. The summed E-state index contributed by atoms with van der Waals surface area (Å²) in [6.45, 7) is 2.81. The number of thiazole rings is 1. The third-order valence-corrected chi connectivity index (χ3v) is 6.47. The number of hydrogen-bond donors (Lipinski definition) is 1. The summed E-state index contributed by atoms with van der Waals surface area (Å²) < 4.78 is 0. The highest BCUT2D eigenvalue weighted by atomic mass is 32.1. The Morgan fingerprint density at radius 3 is 2.67 bits per heavy atom. The maximum atomic E-state index is 11.9. The molecule has 5 heteroatoms. The lowest BCUT2D eigenvalue weighted by atomic mass is 9.81. The van der Waals surface area contributed by atoms with Gasteiger partial charge in [-0.2, -0.15) is 0 Å². The first kappa shape index (κ1) is 18.1. The van der Waals surface area contributed by atoms with E-state index in [4.69, 9.17) is 0 Å². The number of benzene rings is 1. The quantitative estimate of drug-likeness (QED) is 0.702. The Balaban J connectivity index is 1.42. The fourth-order valence-corrected chi connectivity index (χ4v) is 4.91. The normalized spacial score (nSPS) is 17.0. The molecule has 4 rings (SSSR count). The van der Waals surface area contributed by atoms with Gasteiger partial charge in [-0.05, 0) is 49.9 Å². The second-order valence-corrected chi connectivity index (χ2v) is 8.23. The van der Waals surface area contributed by atoms with Crippen LogP contribution in [0.2, 0.25) is 0 Å². The van der Waals surface area contributed by atoms with Gasteiger partial charge < -0.3 is 4.98 Å². The van der Waals surface area contributed by atoms with E-state index in [1.807, 2.05) is 18.3 Å². The molecule has 0 aliphatic carbocycles. The molecule has 1 unspecified atom stereocenters. The molecule has 140 valence electrons. The van der Waals surface area contributed by atoms with Crippen molar-refractivity contribution in [1.82, 2.24) is 14.9 Å². The molecule has 0 amide bonds. The molecule has 1 aliphatic rings. The van der Waals surface area contributed by atoms with Crippen LogP contribution in [0.15, 0.2) is 65.0 Å². The van der Waals surface area contributed by atoms with Crippen LogP contribution >= 0.6 is 11.3 Å². The Morgan fingerprint density at radius 1 is 1.15 bits per heavy atom. The average molecular weight is 380 g/mol. The smallest absolute Gasteiger partial charge is 0.252 e. The van der Waals surface area contributed by atoms with E-state index in [1.54, 1.807) is 17.5 Å². The number of H-pyrrole nitrogens is 1. The predicted molar refractivity (Wildman–Crippen MR) is 110 cm³/mol. The Kier molecular flexibility index (Phi) is 5.80. The van der Waals surface area contributed by atoms with Crippen LogP contribution in [0.3, 0.4) is 0 Å². The molecular formula is C22H25N3OS. The molecule has 1 atom stereocenters. The van der Waals surface area contributed by atoms with Crippen LogP contribution in [0.5, 0.6) is 0 Å². The van der Waals surface area contributed by atoms with E-state index in [2.05, 4.69) is 50.6 Å². The van der Waals surface area contributed by atoms with Gasteiger partial charge in [-0.3, -0.25) is 9.69 Å². The molecule has 1 aromatic carbocycles. The van der Waals surface area contributed by atoms with Gasteiger partial charge in [0.2, 0.25) is 0 Å². The highest BCUT2D eigenvalue weighted by Gasteiger charge is 2.29. The largest absolute Gasteiger partial charge is 0.329 e. The van der Waals surface area contributed by atoms with Crippen LogP contribution in [-0.4, -0.2) is 28.0 Å². The Labute approximate surface area is 163 Å². The zero-order valence-electron chi connectivity index (χ0n) is 15.4. The summed E-state index contributed by atoms with van der Waals surface area (Å²) in [5.74, 6) is 1.12. The van der Waals surface area contributed by atoms with E-state index in [9.17, 15) is 4.79 Å². The molecular weight excluding hydrogens is 354 g/mol. The number of hydrogen-bond acceptors (Lipinski definition) is 4. The predicted octanol–water partition coefficient (Wildman–Crippen LogP) is 4.07. The zero-order valence-corrected chi connectivity index (χ0v) is 16.2. The number of likely N-dealkylation sites (tertiary alicyclic amines) is 1. The first-order valence-electron chi connectivity index (χ1n) is 9.62. The van der Waals surface area contributed by atoms with Crippen molar-refractivity contribution in [3.8, 4) is 0 Å². The molecule has 0 spiro atoms.